The summed E-state index contributed by atoms with van der Waals surface area (Å²) in [5.41, 5.74) is 2.53. The van der Waals surface area contributed by atoms with E-state index >= 15 is 0 Å². The summed E-state index contributed by atoms with van der Waals surface area (Å²) in [5, 5.41) is 0. The Balaban J connectivity index is 1.89. The molecule has 1 aliphatic heterocycles. The molecular formula is C18H26N2O2. The minimum absolute atomic E-state index is 0.0207. The number of rotatable bonds is 5. The highest BCUT2D eigenvalue weighted by Gasteiger charge is 2.24. The Labute approximate surface area is 133 Å². The van der Waals surface area contributed by atoms with Gasteiger partial charge in [0.05, 0.1) is 0 Å². The number of carbonyl (C=O) groups is 2. The number of carbonyl (C=O) groups excluding carboxylic acids is 2. The average molecular weight is 302 g/mol. The fraction of sp³-hybridized carbons (Fsp3) is 0.556. The van der Waals surface area contributed by atoms with E-state index in [1.807, 2.05) is 11.8 Å². The molecule has 4 nitrogen and oxygen atoms in total. The van der Waals surface area contributed by atoms with Gasteiger partial charge >= 0.3 is 0 Å². The first-order valence-electron chi connectivity index (χ1n) is 8.08. The molecule has 0 bridgehead atoms. The predicted octanol–water partition coefficient (Wildman–Crippen LogP) is 2.29. The van der Waals surface area contributed by atoms with Crippen molar-refractivity contribution in [1.29, 1.82) is 0 Å². The number of benzene rings is 1. The Morgan fingerprint density at radius 1 is 1.09 bits per heavy atom. The molecule has 0 radical (unpaired) electrons. The van der Waals surface area contributed by atoms with E-state index in [0.717, 1.165) is 12.8 Å². The van der Waals surface area contributed by atoms with Crippen LogP contribution in [0, 0.1) is 5.92 Å². The van der Waals surface area contributed by atoms with Crippen molar-refractivity contribution in [1.82, 2.24) is 9.80 Å². The first-order valence-corrected chi connectivity index (χ1v) is 8.08. The third-order valence-electron chi connectivity index (χ3n) is 4.38. The first kappa shape index (κ1) is 16.5. The van der Waals surface area contributed by atoms with E-state index in [9.17, 15) is 9.59 Å². The molecule has 2 rings (SSSR count). The first-order chi connectivity index (χ1) is 10.5. The molecule has 1 heterocycles. The fourth-order valence-electron chi connectivity index (χ4n) is 2.84. The summed E-state index contributed by atoms with van der Waals surface area (Å²) < 4.78 is 0. The zero-order valence-electron chi connectivity index (χ0n) is 13.8. The van der Waals surface area contributed by atoms with E-state index in [1.54, 1.807) is 4.90 Å². The molecule has 2 amide bonds. The lowest BCUT2D eigenvalue weighted by atomic mass is 9.96. The lowest BCUT2D eigenvalue weighted by Crippen LogP contribution is -2.49. The number of piperazine rings is 1. The second-order valence-electron chi connectivity index (χ2n) is 6.47. The summed E-state index contributed by atoms with van der Waals surface area (Å²) in [6.07, 6.45) is 1.63. The maximum absolute atomic E-state index is 12.5. The Hall–Kier alpha value is -1.84. The van der Waals surface area contributed by atoms with E-state index in [-0.39, 0.29) is 11.8 Å². The minimum atomic E-state index is -0.0207. The Bertz CT molecular complexity index is 502. The maximum Gasteiger partial charge on any atom is 0.225 e. The molecule has 4 heteroatoms. The second-order valence-corrected chi connectivity index (χ2v) is 6.47. The third kappa shape index (κ3) is 4.09. The Morgan fingerprint density at radius 3 is 2.18 bits per heavy atom. The highest BCUT2D eigenvalue weighted by molar-refractivity contribution is 5.79. The van der Waals surface area contributed by atoms with Gasteiger partial charge in [-0.3, -0.25) is 9.59 Å². The summed E-state index contributed by atoms with van der Waals surface area (Å²) in [5.74, 6) is 0.702. The van der Waals surface area contributed by atoms with Crippen molar-refractivity contribution >= 4 is 12.3 Å². The molecule has 1 aromatic carbocycles. The van der Waals surface area contributed by atoms with Crippen LogP contribution in [0.4, 0.5) is 0 Å². The van der Waals surface area contributed by atoms with Crippen LogP contribution in [0.5, 0.6) is 0 Å². The molecule has 0 saturated carbocycles. The molecule has 22 heavy (non-hydrogen) atoms. The zero-order valence-corrected chi connectivity index (χ0v) is 13.8. The highest BCUT2D eigenvalue weighted by Crippen LogP contribution is 2.18. The number of amides is 2. The van der Waals surface area contributed by atoms with Crippen molar-refractivity contribution in [3.05, 3.63) is 35.4 Å². The van der Waals surface area contributed by atoms with Gasteiger partial charge in [-0.2, -0.15) is 0 Å². The highest BCUT2D eigenvalue weighted by atomic mass is 16.2. The minimum Gasteiger partial charge on any atom is -0.342 e. The molecule has 0 spiro atoms. The number of hydrogen-bond donors (Lipinski definition) is 0. The Kier molecular flexibility index (Phi) is 5.58. The van der Waals surface area contributed by atoms with Crippen LogP contribution < -0.4 is 0 Å². The molecule has 0 aromatic heterocycles. The van der Waals surface area contributed by atoms with E-state index in [0.29, 0.717) is 32.1 Å². The summed E-state index contributed by atoms with van der Waals surface area (Å²) in [6.45, 7) is 8.93. The largest absolute Gasteiger partial charge is 0.342 e. The molecule has 1 fully saturated rings. The van der Waals surface area contributed by atoms with E-state index in [2.05, 4.69) is 38.1 Å². The van der Waals surface area contributed by atoms with Gasteiger partial charge in [0.25, 0.3) is 0 Å². The van der Waals surface area contributed by atoms with Gasteiger partial charge in [-0.05, 0) is 23.5 Å². The maximum atomic E-state index is 12.5. The van der Waals surface area contributed by atoms with Crippen LogP contribution in [0.15, 0.2) is 24.3 Å². The van der Waals surface area contributed by atoms with Crippen LogP contribution in [-0.4, -0.2) is 48.3 Å². The molecule has 1 aromatic rings. The molecule has 1 saturated heterocycles. The average Bonchev–Trinajstić information content (AvgIpc) is 2.54. The van der Waals surface area contributed by atoms with Crippen LogP contribution in [0.2, 0.25) is 0 Å². The second kappa shape index (κ2) is 7.43. The normalized spacial score (nSPS) is 16.7. The number of hydrogen-bond acceptors (Lipinski definition) is 2. The van der Waals surface area contributed by atoms with Crippen LogP contribution in [0.1, 0.15) is 37.8 Å². The SMILES string of the molecule is CC(Cc1ccc(C(C)C)cc1)C(=O)N1CCN(C=O)CC1. The molecule has 0 N–H and O–H groups in total. The summed E-state index contributed by atoms with van der Waals surface area (Å²) in [7, 11) is 0. The van der Waals surface area contributed by atoms with Gasteiger partial charge in [-0.25, -0.2) is 0 Å². The summed E-state index contributed by atoms with van der Waals surface area (Å²) in [4.78, 5) is 26.8. The third-order valence-corrected chi connectivity index (χ3v) is 4.38. The van der Waals surface area contributed by atoms with Crippen LogP contribution >= 0.6 is 0 Å². The smallest absolute Gasteiger partial charge is 0.225 e. The van der Waals surface area contributed by atoms with E-state index in [4.69, 9.17) is 0 Å². The van der Waals surface area contributed by atoms with Gasteiger partial charge in [0.1, 0.15) is 0 Å². The molecule has 1 atom stereocenters. The summed E-state index contributed by atoms with van der Waals surface area (Å²) in [6, 6.07) is 8.56. The molecule has 120 valence electrons. The topological polar surface area (TPSA) is 40.6 Å². The van der Waals surface area contributed by atoms with E-state index < -0.39 is 0 Å². The summed E-state index contributed by atoms with van der Waals surface area (Å²) >= 11 is 0. The van der Waals surface area contributed by atoms with Crippen molar-refractivity contribution < 1.29 is 9.59 Å². The van der Waals surface area contributed by atoms with Crippen molar-refractivity contribution in [3.8, 4) is 0 Å². The monoisotopic (exact) mass is 302 g/mol. The molecular weight excluding hydrogens is 276 g/mol. The van der Waals surface area contributed by atoms with Crippen molar-refractivity contribution in [2.24, 2.45) is 5.92 Å². The zero-order chi connectivity index (χ0) is 16.1. The quantitative estimate of drug-likeness (QED) is 0.783. The molecule has 1 aliphatic rings. The van der Waals surface area contributed by atoms with E-state index in [1.165, 1.54) is 11.1 Å². The van der Waals surface area contributed by atoms with Gasteiger partial charge in [-0.15, -0.1) is 0 Å². The standard InChI is InChI=1S/C18H26N2O2/c1-14(2)17-6-4-16(5-7-17)12-15(3)18(22)20-10-8-19(13-21)9-11-20/h4-7,13-15H,8-12H2,1-3H3. The Morgan fingerprint density at radius 2 is 1.68 bits per heavy atom. The van der Waals surface area contributed by atoms with Gasteiger partial charge in [0.2, 0.25) is 12.3 Å². The van der Waals surface area contributed by atoms with Crippen LogP contribution in [-0.2, 0) is 16.0 Å². The number of nitrogens with zero attached hydrogens (tertiary/aromatic N) is 2. The van der Waals surface area contributed by atoms with Crippen molar-refractivity contribution in [3.63, 3.8) is 0 Å². The van der Waals surface area contributed by atoms with Gasteiger partial charge < -0.3 is 9.80 Å². The molecule has 1 unspecified atom stereocenters. The lowest BCUT2D eigenvalue weighted by molar-refractivity contribution is -0.138. The van der Waals surface area contributed by atoms with Crippen molar-refractivity contribution in [2.75, 3.05) is 26.2 Å². The van der Waals surface area contributed by atoms with Gasteiger partial charge in [0, 0.05) is 32.1 Å². The van der Waals surface area contributed by atoms with Crippen LogP contribution in [0.3, 0.4) is 0 Å². The van der Waals surface area contributed by atoms with Gasteiger partial charge in [0.15, 0.2) is 0 Å². The molecule has 0 aliphatic carbocycles. The van der Waals surface area contributed by atoms with Crippen molar-refractivity contribution in [2.45, 2.75) is 33.1 Å². The lowest BCUT2D eigenvalue weighted by Gasteiger charge is -2.34. The van der Waals surface area contributed by atoms with Crippen LogP contribution in [0.25, 0.3) is 0 Å². The van der Waals surface area contributed by atoms with Gasteiger partial charge in [-0.1, -0.05) is 45.0 Å². The predicted molar refractivity (Wildman–Crippen MR) is 87.6 cm³/mol. The fourth-order valence-corrected chi connectivity index (χ4v) is 2.84.